The first-order chi connectivity index (χ1) is 11.0. The molecule has 0 fully saturated rings. The average Bonchev–Trinajstić information content (AvgIpc) is 2.52. The third-order valence-electron chi connectivity index (χ3n) is 2.95. The minimum atomic E-state index is -0.299. The quantitative estimate of drug-likeness (QED) is 0.705. The van der Waals surface area contributed by atoms with Crippen LogP contribution in [0, 0.1) is 17.5 Å². The van der Waals surface area contributed by atoms with Crippen LogP contribution in [-0.4, -0.2) is 9.97 Å². The predicted molar refractivity (Wildman–Crippen MR) is 96.6 cm³/mol. The van der Waals surface area contributed by atoms with Gasteiger partial charge in [-0.1, -0.05) is 39.0 Å². The Balaban J connectivity index is 0.00000127. The molecule has 1 aromatic heterocycles. The minimum Gasteiger partial charge on any atom is -0.349 e. The van der Waals surface area contributed by atoms with Crippen LogP contribution in [-0.2, 0) is 0 Å². The Morgan fingerprint density at radius 3 is 2.39 bits per heavy atom. The van der Waals surface area contributed by atoms with Gasteiger partial charge < -0.3 is 10.3 Å². The van der Waals surface area contributed by atoms with E-state index in [1.165, 1.54) is 12.1 Å². The first kappa shape index (κ1) is 18.8. The number of aromatic nitrogens is 2. The Morgan fingerprint density at radius 2 is 1.87 bits per heavy atom. The van der Waals surface area contributed by atoms with E-state index < -0.39 is 0 Å². The van der Waals surface area contributed by atoms with E-state index in [-0.39, 0.29) is 16.1 Å². The molecule has 2 aromatic rings. The molecule has 3 N–H and O–H groups in total. The minimum absolute atomic E-state index is 0.283. The van der Waals surface area contributed by atoms with Crippen molar-refractivity contribution in [2.75, 3.05) is 5.32 Å². The molecule has 2 rings (SSSR count). The van der Waals surface area contributed by atoms with Crippen molar-refractivity contribution >= 4 is 23.6 Å². The van der Waals surface area contributed by atoms with Crippen LogP contribution < -0.4 is 10.9 Å². The molecule has 1 aromatic carbocycles. The summed E-state index contributed by atoms with van der Waals surface area (Å²) in [7, 11) is 0. The van der Waals surface area contributed by atoms with Crippen LogP contribution in [0.15, 0.2) is 35.1 Å². The molecule has 0 aliphatic rings. The van der Waals surface area contributed by atoms with Crippen LogP contribution in [0.5, 0.6) is 0 Å². The number of hydrogen-bond donors (Lipinski definition) is 3. The van der Waals surface area contributed by atoms with Crippen molar-refractivity contribution in [3.8, 4) is 0 Å². The molecule has 0 bridgehead atoms. The first-order valence-electron chi connectivity index (χ1n) is 7.57. The highest BCUT2D eigenvalue weighted by Crippen LogP contribution is 2.18. The van der Waals surface area contributed by atoms with Crippen molar-refractivity contribution in [1.29, 1.82) is 0 Å². The fourth-order valence-electron chi connectivity index (χ4n) is 1.96. The highest BCUT2D eigenvalue weighted by atomic mass is 32.1. The number of aryl methyl sites for hydroxylation is 1. The van der Waals surface area contributed by atoms with Crippen molar-refractivity contribution in [3.05, 3.63) is 62.5 Å². The standard InChI is InChI=1S/C15H16FN3OS.C2H6/c1-3-4-12(10-5-7-11(16)8-6-10)18-13-9(2)17-15(21)19-14(13)20;1-2/h4-8,18H,3H2,1-2H3,(H2,17,19,20,21);1-2H3/b12-4+;. The lowest BCUT2D eigenvalue weighted by Gasteiger charge is -2.12. The maximum Gasteiger partial charge on any atom is 0.275 e. The van der Waals surface area contributed by atoms with Gasteiger partial charge in [0.25, 0.3) is 5.56 Å². The Kier molecular flexibility index (Phi) is 7.41. The zero-order valence-electron chi connectivity index (χ0n) is 13.8. The Bertz CT molecular complexity index is 776. The zero-order valence-corrected chi connectivity index (χ0v) is 14.6. The van der Waals surface area contributed by atoms with Gasteiger partial charge in [0.05, 0.1) is 0 Å². The molecule has 0 amide bonds. The van der Waals surface area contributed by atoms with Gasteiger partial charge in [-0.05, 0) is 43.3 Å². The van der Waals surface area contributed by atoms with Gasteiger partial charge in [-0.2, -0.15) is 0 Å². The first-order valence-corrected chi connectivity index (χ1v) is 7.98. The van der Waals surface area contributed by atoms with E-state index >= 15 is 0 Å². The summed E-state index contributed by atoms with van der Waals surface area (Å²) in [6, 6.07) is 6.10. The number of halogens is 1. The van der Waals surface area contributed by atoms with Crippen molar-refractivity contribution in [3.63, 3.8) is 0 Å². The molecule has 4 nitrogen and oxygen atoms in total. The molecule has 6 heteroatoms. The number of rotatable bonds is 4. The van der Waals surface area contributed by atoms with Crippen molar-refractivity contribution < 1.29 is 4.39 Å². The summed E-state index contributed by atoms with van der Waals surface area (Å²) in [6.45, 7) is 7.75. The fourth-order valence-corrected chi connectivity index (χ4v) is 2.21. The van der Waals surface area contributed by atoms with E-state index in [9.17, 15) is 9.18 Å². The van der Waals surface area contributed by atoms with E-state index in [0.29, 0.717) is 11.4 Å². The van der Waals surface area contributed by atoms with E-state index in [1.807, 2.05) is 26.8 Å². The fraction of sp³-hybridized carbons (Fsp3) is 0.294. The second-order valence-corrected chi connectivity index (χ2v) is 4.97. The smallest absolute Gasteiger partial charge is 0.275 e. The topological polar surface area (TPSA) is 60.7 Å². The predicted octanol–water partition coefficient (Wildman–Crippen LogP) is 4.77. The molecular weight excluding hydrogens is 313 g/mol. The molecule has 0 spiro atoms. The number of aromatic amines is 2. The van der Waals surface area contributed by atoms with Gasteiger partial charge in [0, 0.05) is 11.4 Å². The number of hydrogen-bond acceptors (Lipinski definition) is 3. The number of nitrogens with one attached hydrogen (secondary N) is 3. The van der Waals surface area contributed by atoms with Gasteiger partial charge >= 0.3 is 0 Å². The zero-order chi connectivity index (χ0) is 17.4. The Hall–Kier alpha value is -2.21. The maximum atomic E-state index is 13.0. The molecule has 0 aliphatic carbocycles. The SMILES string of the molecule is CC.CC/C=C(/Nc1c(C)[nH]c(=S)[nH]c1=O)c1ccc(F)cc1. The lowest BCUT2D eigenvalue weighted by Crippen LogP contribution is -2.16. The van der Waals surface area contributed by atoms with Gasteiger partial charge in [-0.3, -0.25) is 9.78 Å². The summed E-state index contributed by atoms with van der Waals surface area (Å²) >= 11 is 4.92. The van der Waals surface area contributed by atoms with Crippen LogP contribution in [0.4, 0.5) is 10.1 Å². The van der Waals surface area contributed by atoms with Gasteiger partial charge in [0.15, 0.2) is 4.77 Å². The van der Waals surface area contributed by atoms with Crippen LogP contribution in [0.3, 0.4) is 0 Å². The Morgan fingerprint density at radius 1 is 1.26 bits per heavy atom. The molecule has 124 valence electrons. The summed E-state index contributed by atoms with van der Waals surface area (Å²) in [5.74, 6) is -0.299. The highest BCUT2D eigenvalue weighted by Gasteiger charge is 2.08. The van der Waals surface area contributed by atoms with E-state index in [4.69, 9.17) is 12.2 Å². The van der Waals surface area contributed by atoms with E-state index in [1.54, 1.807) is 19.1 Å². The second kappa shape index (κ2) is 9.05. The van der Waals surface area contributed by atoms with Gasteiger partial charge in [-0.25, -0.2) is 4.39 Å². The largest absolute Gasteiger partial charge is 0.349 e. The third kappa shape index (κ3) is 5.17. The number of allylic oxidation sites excluding steroid dienone is 1. The summed E-state index contributed by atoms with van der Waals surface area (Å²) < 4.78 is 13.3. The van der Waals surface area contributed by atoms with Crippen LogP contribution >= 0.6 is 12.2 Å². The molecule has 0 aliphatic heterocycles. The van der Waals surface area contributed by atoms with Crippen molar-refractivity contribution in [1.82, 2.24) is 9.97 Å². The van der Waals surface area contributed by atoms with Gasteiger partial charge in [0.2, 0.25) is 0 Å². The molecule has 0 atom stereocenters. The molecule has 0 unspecified atom stereocenters. The molecule has 0 saturated heterocycles. The number of benzene rings is 1. The lowest BCUT2D eigenvalue weighted by atomic mass is 10.1. The maximum absolute atomic E-state index is 13.0. The molecular formula is C17H22FN3OS. The summed E-state index contributed by atoms with van der Waals surface area (Å²) in [4.78, 5) is 17.4. The summed E-state index contributed by atoms with van der Waals surface area (Å²) in [5, 5.41) is 3.10. The van der Waals surface area contributed by atoms with Crippen molar-refractivity contribution in [2.45, 2.75) is 34.1 Å². The number of anilines is 1. The highest BCUT2D eigenvalue weighted by molar-refractivity contribution is 7.71. The molecule has 23 heavy (non-hydrogen) atoms. The van der Waals surface area contributed by atoms with Crippen LogP contribution in [0.25, 0.3) is 5.70 Å². The van der Waals surface area contributed by atoms with Gasteiger partial charge in [-0.15, -0.1) is 0 Å². The van der Waals surface area contributed by atoms with E-state index in [2.05, 4.69) is 15.3 Å². The monoisotopic (exact) mass is 335 g/mol. The molecule has 1 heterocycles. The normalized spacial score (nSPS) is 10.7. The summed E-state index contributed by atoms with van der Waals surface area (Å²) in [5.41, 5.74) is 2.30. The van der Waals surface area contributed by atoms with Gasteiger partial charge in [0.1, 0.15) is 11.5 Å². The van der Waals surface area contributed by atoms with Crippen molar-refractivity contribution in [2.24, 2.45) is 0 Å². The summed E-state index contributed by atoms with van der Waals surface area (Å²) in [6.07, 6.45) is 2.72. The van der Waals surface area contributed by atoms with Crippen LogP contribution in [0.1, 0.15) is 38.4 Å². The number of H-pyrrole nitrogens is 2. The van der Waals surface area contributed by atoms with Crippen LogP contribution in [0.2, 0.25) is 0 Å². The average molecular weight is 335 g/mol. The lowest BCUT2D eigenvalue weighted by molar-refractivity contribution is 0.627. The third-order valence-corrected chi connectivity index (χ3v) is 3.16. The molecule has 0 saturated carbocycles. The van der Waals surface area contributed by atoms with E-state index in [0.717, 1.165) is 17.7 Å². The second-order valence-electron chi connectivity index (χ2n) is 4.57. The Labute approximate surface area is 140 Å². The molecule has 0 radical (unpaired) electrons.